The van der Waals surface area contributed by atoms with Gasteiger partial charge in [-0.2, -0.15) is 4.98 Å². The fourth-order valence-corrected chi connectivity index (χ4v) is 5.17. The van der Waals surface area contributed by atoms with Gasteiger partial charge in [0.1, 0.15) is 5.83 Å². The summed E-state index contributed by atoms with van der Waals surface area (Å²) in [6, 6.07) is 8.46. The number of nitriles is 1. The van der Waals surface area contributed by atoms with Crippen molar-refractivity contribution in [3.8, 4) is 6.57 Å². The molecule has 0 radical (unpaired) electrons. The van der Waals surface area contributed by atoms with Crippen molar-refractivity contribution in [2.45, 2.75) is 26.3 Å². The van der Waals surface area contributed by atoms with Gasteiger partial charge in [0.25, 0.3) is 0 Å². The zero-order valence-electron chi connectivity index (χ0n) is 20.5. The first-order valence-electron chi connectivity index (χ1n) is 12.0. The van der Waals surface area contributed by atoms with E-state index in [0.717, 1.165) is 71.7 Å². The molecule has 1 saturated heterocycles. The molecule has 10 heteroatoms. The molecule has 1 aliphatic heterocycles. The van der Waals surface area contributed by atoms with Crippen LogP contribution in [0.3, 0.4) is 0 Å². The Morgan fingerprint density at radius 2 is 1.92 bits per heavy atom. The molecule has 2 aromatic heterocycles. The van der Waals surface area contributed by atoms with Crippen LogP contribution in [0.25, 0.3) is 10.3 Å². The highest BCUT2D eigenvalue weighted by atomic mass is 35.5. The second-order valence-electron chi connectivity index (χ2n) is 8.47. The van der Waals surface area contributed by atoms with E-state index in [-0.39, 0.29) is 5.03 Å². The fraction of sp³-hybridized carbons (Fsp3) is 0.296. The standard InChI is InChI=1S/C26H27ClFN5OS.CHN/c1-2-18-15-29-25-24(23(18)30-19-7-9-21(27)22(28)10-8-19)35-26(32-25)31-20-5-3-17(4-6-20)16-33-11-13-34-14-12-33;1-2/h3-8,10,15H,2,9,11-14,16H2,1H3,(H2,29,30,31,32);1H. The third-order valence-corrected chi connectivity index (χ3v) is 7.35. The second kappa shape index (κ2) is 12.8. The number of ether oxygens (including phenoxy) is 1. The predicted octanol–water partition coefficient (Wildman–Crippen LogP) is 6.64. The van der Waals surface area contributed by atoms with E-state index in [1.54, 1.807) is 17.4 Å². The molecular formula is C27H28ClFN6OS. The molecule has 1 aromatic carbocycles. The molecule has 37 heavy (non-hydrogen) atoms. The summed E-state index contributed by atoms with van der Waals surface area (Å²) in [5, 5.41) is 14.3. The number of hydrogen-bond donors (Lipinski definition) is 2. The van der Waals surface area contributed by atoms with Crippen LogP contribution in [-0.4, -0.2) is 41.2 Å². The molecule has 3 heterocycles. The summed E-state index contributed by atoms with van der Waals surface area (Å²) in [6.45, 7) is 10.1. The van der Waals surface area contributed by atoms with Crippen molar-refractivity contribution in [1.29, 1.82) is 5.26 Å². The summed E-state index contributed by atoms with van der Waals surface area (Å²) >= 11 is 7.52. The van der Waals surface area contributed by atoms with Gasteiger partial charge in [-0.25, -0.2) is 14.6 Å². The van der Waals surface area contributed by atoms with E-state index in [0.29, 0.717) is 12.1 Å². The van der Waals surface area contributed by atoms with Gasteiger partial charge in [-0.3, -0.25) is 4.90 Å². The lowest BCUT2D eigenvalue weighted by atomic mass is 10.1. The molecule has 0 unspecified atom stereocenters. The van der Waals surface area contributed by atoms with Gasteiger partial charge >= 0.3 is 0 Å². The molecule has 2 N–H and O–H groups in total. The maximum atomic E-state index is 13.9. The third-order valence-electron chi connectivity index (χ3n) is 6.04. The van der Waals surface area contributed by atoms with Gasteiger partial charge < -0.3 is 15.4 Å². The molecule has 3 aromatic rings. The van der Waals surface area contributed by atoms with Crippen LogP contribution in [0.1, 0.15) is 24.5 Å². The first-order chi connectivity index (χ1) is 18.1. The number of hydrogen-bond acceptors (Lipinski definition) is 8. The molecule has 7 nitrogen and oxygen atoms in total. The van der Waals surface area contributed by atoms with Crippen molar-refractivity contribution in [3.05, 3.63) is 76.4 Å². The average molecular weight is 539 g/mol. The highest BCUT2D eigenvalue weighted by Gasteiger charge is 2.16. The van der Waals surface area contributed by atoms with Crippen molar-refractivity contribution in [3.63, 3.8) is 0 Å². The number of thiazole rings is 1. The molecule has 1 aliphatic carbocycles. The number of allylic oxidation sites excluding steroid dienone is 5. The number of fused-ring (bicyclic) bond motifs is 1. The summed E-state index contributed by atoms with van der Waals surface area (Å²) in [5.41, 5.74) is 5.72. The van der Waals surface area contributed by atoms with Gasteiger partial charge in [-0.05, 0) is 41.8 Å². The SMILES string of the molecule is C#N.CCc1cnc2nc(Nc3ccc(CN4CCOCC4)cc3)sc2c1NC1=CCC(Cl)=C(F)C=C1. The van der Waals surface area contributed by atoms with Crippen molar-refractivity contribution in [1.82, 2.24) is 14.9 Å². The number of anilines is 3. The van der Waals surface area contributed by atoms with Crippen LogP contribution in [-0.2, 0) is 17.7 Å². The maximum absolute atomic E-state index is 13.9. The summed E-state index contributed by atoms with van der Waals surface area (Å²) in [5.74, 6) is -0.407. The Morgan fingerprint density at radius 1 is 1.16 bits per heavy atom. The number of nitrogens with one attached hydrogen (secondary N) is 2. The zero-order valence-corrected chi connectivity index (χ0v) is 22.1. The lowest BCUT2D eigenvalue weighted by Gasteiger charge is -2.26. The van der Waals surface area contributed by atoms with E-state index >= 15 is 0 Å². The first-order valence-corrected chi connectivity index (χ1v) is 13.2. The van der Waals surface area contributed by atoms with Crippen LogP contribution >= 0.6 is 22.9 Å². The lowest BCUT2D eigenvalue weighted by Crippen LogP contribution is -2.35. The Morgan fingerprint density at radius 3 is 2.65 bits per heavy atom. The van der Waals surface area contributed by atoms with E-state index in [1.807, 2.05) is 12.3 Å². The number of morpholine rings is 1. The Bertz CT molecular complexity index is 1340. The minimum absolute atomic E-state index is 0.203. The normalized spacial score (nSPS) is 16.1. The minimum Gasteiger partial charge on any atom is -0.379 e. The number of pyridine rings is 1. The number of halogens is 2. The number of nitrogens with zero attached hydrogens (tertiary/aromatic N) is 4. The molecule has 1 fully saturated rings. The zero-order chi connectivity index (χ0) is 26.2. The second-order valence-corrected chi connectivity index (χ2v) is 9.92. The molecule has 0 bridgehead atoms. The highest BCUT2D eigenvalue weighted by molar-refractivity contribution is 7.22. The largest absolute Gasteiger partial charge is 0.379 e. The molecule has 0 spiro atoms. The molecule has 192 valence electrons. The van der Waals surface area contributed by atoms with Crippen LogP contribution in [0.4, 0.5) is 20.9 Å². The Balaban J connectivity index is 0.00000156. The number of aryl methyl sites for hydroxylation is 1. The van der Waals surface area contributed by atoms with Crippen LogP contribution in [0.2, 0.25) is 0 Å². The fourth-order valence-electron chi connectivity index (χ4n) is 4.06. The van der Waals surface area contributed by atoms with Crippen LogP contribution in [0.15, 0.2) is 65.2 Å². The lowest BCUT2D eigenvalue weighted by molar-refractivity contribution is 0.0342. The van der Waals surface area contributed by atoms with Gasteiger partial charge in [0.2, 0.25) is 0 Å². The number of benzene rings is 1. The predicted molar refractivity (Wildman–Crippen MR) is 149 cm³/mol. The minimum atomic E-state index is -0.407. The Hall–Kier alpha value is -3.29. The van der Waals surface area contributed by atoms with Gasteiger partial charge in [0.15, 0.2) is 10.8 Å². The van der Waals surface area contributed by atoms with Gasteiger partial charge in [0, 0.05) is 50.2 Å². The van der Waals surface area contributed by atoms with E-state index in [4.69, 9.17) is 26.6 Å². The molecule has 2 aliphatic rings. The molecule has 0 saturated carbocycles. The molecular weight excluding hydrogens is 511 g/mol. The number of aromatic nitrogens is 2. The van der Waals surface area contributed by atoms with E-state index < -0.39 is 5.83 Å². The molecule has 5 rings (SSSR count). The Kier molecular flexibility index (Phi) is 9.25. The quantitative estimate of drug-likeness (QED) is 0.348. The van der Waals surface area contributed by atoms with Crippen molar-refractivity contribution < 1.29 is 9.13 Å². The summed E-state index contributed by atoms with van der Waals surface area (Å²) in [6.07, 6.45) is 7.98. The smallest absolute Gasteiger partial charge is 0.189 e. The highest BCUT2D eigenvalue weighted by Crippen LogP contribution is 2.36. The van der Waals surface area contributed by atoms with Crippen LogP contribution in [0.5, 0.6) is 0 Å². The van der Waals surface area contributed by atoms with E-state index in [9.17, 15) is 4.39 Å². The van der Waals surface area contributed by atoms with Gasteiger partial charge in [-0.15, -0.1) is 0 Å². The van der Waals surface area contributed by atoms with Crippen molar-refractivity contribution in [2.24, 2.45) is 0 Å². The van der Waals surface area contributed by atoms with Crippen molar-refractivity contribution >= 4 is 49.8 Å². The van der Waals surface area contributed by atoms with Gasteiger partial charge in [0.05, 0.1) is 28.6 Å². The topological polar surface area (TPSA) is 86.1 Å². The van der Waals surface area contributed by atoms with Crippen LogP contribution in [0, 0.1) is 11.8 Å². The van der Waals surface area contributed by atoms with Crippen LogP contribution < -0.4 is 10.6 Å². The third kappa shape index (κ3) is 6.73. The van der Waals surface area contributed by atoms with Gasteiger partial charge in [-0.1, -0.05) is 48.1 Å². The number of rotatable bonds is 7. The first kappa shape index (κ1) is 26.8. The average Bonchev–Trinajstić information content (AvgIpc) is 3.28. The molecule has 0 atom stereocenters. The summed E-state index contributed by atoms with van der Waals surface area (Å²) in [7, 11) is 0. The summed E-state index contributed by atoms with van der Waals surface area (Å²) < 4.78 is 20.3. The van der Waals surface area contributed by atoms with E-state index in [1.165, 1.54) is 11.6 Å². The maximum Gasteiger partial charge on any atom is 0.189 e. The molecule has 0 amide bonds. The Labute approximate surface area is 224 Å². The summed E-state index contributed by atoms with van der Waals surface area (Å²) in [4.78, 5) is 11.7. The van der Waals surface area contributed by atoms with Crippen molar-refractivity contribution in [2.75, 3.05) is 36.9 Å². The van der Waals surface area contributed by atoms with E-state index in [2.05, 4.69) is 58.3 Å². The monoisotopic (exact) mass is 538 g/mol.